The number of morpholine rings is 1. The molecule has 0 spiro atoms. The Morgan fingerprint density at radius 2 is 2.05 bits per heavy atom. The zero-order valence-corrected chi connectivity index (χ0v) is 13.7. The van der Waals surface area contributed by atoms with E-state index < -0.39 is 10.0 Å². The highest BCUT2D eigenvalue weighted by molar-refractivity contribution is 7.89. The molecule has 1 unspecified atom stereocenters. The van der Waals surface area contributed by atoms with Gasteiger partial charge in [0.2, 0.25) is 10.0 Å². The maximum absolute atomic E-state index is 12.9. The third kappa shape index (κ3) is 3.22. The minimum Gasteiger partial charge on any atom is -0.398 e. The molecule has 0 aliphatic carbocycles. The monoisotopic (exact) mass is 312 g/mol. The molecule has 6 heteroatoms. The predicted octanol–water partition coefficient (Wildman–Crippen LogP) is 1.80. The summed E-state index contributed by atoms with van der Waals surface area (Å²) in [5.41, 5.74) is 8.28. The number of benzene rings is 1. The van der Waals surface area contributed by atoms with Crippen LogP contribution in [0.4, 0.5) is 5.69 Å². The molecule has 0 aromatic heterocycles. The largest absolute Gasteiger partial charge is 0.398 e. The summed E-state index contributed by atoms with van der Waals surface area (Å²) in [7, 11) is -3.52. The van der Waals surface area contributed by atoms with E-state index in [4.69, 9.17) is 10.5 Å². The third-order valence-corrected chi connectivity index (χ3v) is 5.82. The number of rotatable bonds is 4. The van der Waals surface area contributed by atoms with Gasteiger partial charge >= 0.3 is 0 Å². The molecule has 0 bridgehead atoms. The van der Waals surface area contributed by atoms with E-state index in [-0.39, 0.29) is 6.10 Å². The summed E-state index contributed by atoms with van der Waals surface area (Å²) in [5, 5.41) is 0. The van der Waals surface area contributed by atoms with Gasteiger partial charge in [0.05, 0.1) is 17.6 Å². The van der Waals surface area contributed by atoms with Gasteiger partial charge in [-0.15, -0.1) is 0 Å². The van der Waals surface area contributed by atoms with Gasteiger partial charge in [-0.2, -0.15) is 4.31 Å². The first-order valence-corrected chi connectivity index (χ1v) is 8.87. The average Bonchev–Trinajstić information content (AvgIpc) is 2.46. The number of nitrogen functional groups attached to an aromatic ring is 1. The van der Waals surface area contributed by atoms with Crippen LogP contribution in [-0.4, -0.2) is 38.5 Å². The van der Waals surface area contributed by atoms with Gasteiger partial charge in [-0.05, 0) is 43.0 Å². The fourth-order valence-electron chi connectivity index (χ4n) is 2.68. The first-order valence-electron chi connectivity index (χ1n) is 7.43. The van der Waals surface area contributed by atoms with Crippen molar-refractivity contribution < 1.29 is 13.2 Å². The van der Waals surface area contributed by atoms with Gasteiger partial charge in [0.25, 0.3) is 0 Å². The van der Waals surface area contributed by atoms with Crippen LogP contribution in [0.1, 0.15) is 31.9 Å². The van der Waals surface area contributed by atoms with E-state index in [0.717, 1.165) is 12.0 Å². The quantitative estimate of drug-likeness (QED) is 0.861. The van der Waals surface area contributed by atoms with Crippen LogP contribution in [0.15, 0.2) is 17.0 Å². The van der Waals surface area contributed by atoms with E-state index in [1.807, 2.05) is 26.8 Å². The number of hydrogen-bond donors (Lipinski definition) is 1. The lowest BCUT2D eigenvalue weighted by Crippen LogP contribution is -2.44. The van der Waals surface area contributed by atoms with Crippen molar-refractivity contribution in [3.8, 4) is 0 Å². The molecule has 21 heavy (non-hydrogen) atoms. The molecular formula is C15H24N2O3S. The zero-order valence-electron chi connectivity index (χ0n) is 12.9. The normalized spacial score (nSPS) is 20.6. The lowest BCUT2D eigenvalue weighted by Gasteiger charge is -2.31. The fourth-order valence-corrected chi connectivity index (χ4v) is 4.56. The molecule has 1 aliphatic heterocycles. The standard InChI is InChI=1S/C15H24N2O3S/c1-4-12-8-14(16)13(5-2)15(9-12)21(18,19)17-6-7-20-11(3)10-17/h8-9,11H,4-7,10,16H2,1-3H3. The highest BCUT2D eigenvalue weighted by Gasteiger charge is 2.31. The Labute approximate surface area is 127 Å². The first-order chi connectivity index (χ1) is 9.90. The molecule has 2 rings (SSSR count). The van der Waals surface area contributed by atoms with E-state index in [1.54, 1.807) is 6.07 Å². The Hall–Kier alpha value is -1.11. The molecule has 1 aliphatic rings. The Kier molecular flexibility index (Phi) is 4.91. The molecule has 1 atom stereocenters. The number of anilines is 1. The molecule has 5 nitrogen and oxygen atoms in total. The van der Waals surface area contributed by atoms with Crippen LogP contribution in [0.3, 0.4) is 0 Å². The molecule has 118 valence electrons. The maximum Gasteiger partial charge on any atom is 0.243 e. The molecule has 0 amide bonds. The summed E-state index contributed by atoms with van der Waals surface area (Å²) in [6, 6.07) is 3.64. The summed E-state index contributed by atoms with van der Waals surface area (Å²) in [6.45, 7) is 7.03. The van der Waals surface area contributed by atoms with E-state index in [0.29, 0.717) is 42.3 Å². The molecule has 1 aromatic rings. The van der Waals surface area contributed by atoms with Gasteiger partial charge in [0.1, 0.15) is 0 Å². The Balaban J connectivity index is 2.50. The third-order valence-electron chi connectivity index (χ3n) is 3.89. The van der Waals surface area contributed by atoms with Crippen molar-refractivity contribution in [2.45, 2.75) is 44.6 Å². The number of nitrogens with two attached hydrogens (primary N) is 1. The van der Waals surface area contributed by atoms with Crippen LogP contribution in [0, 0.1) is 0 Å². The molecule has 1 saturated heterocycles. The van der Waals surface area contributed by atoms with Crippen LogP contribution in [-0.2, 0) is 27.6 Å². The van der Waals surface area contributed by atoms with Crippen LogP contribution in [0.25, 0.3) is 0 Å². The Morgan fingerprint density at radius 3 is 2.62 bits per heavy atom. The molecule has 0 saturated carbocycles. The second kappa shape index (κ2) is 6.34. The molecule has 0 radical (unpaired) electrons. The smallest absolute Gasteiger partial charge is 0.243 e. The van der Waals surface area contributed by atoms with Gasteiger partial charge in [0, 0.05) is 18.8 Å². The molecule has 1 aromatic carbocycles. The lowest BCUT2D eigenvalue weighted by atomic mass is 10.1. The minimum atomic E-state index is -3.52. The average molecular weight is 312 g/mol. The number of hydrogen-bond acceptors (Lipinski definition) is 4. The van der Waals surface area contributed by atoms with Gasteiger partial charge in [-0.1, -0.05) is 13.8 Å². The second-order valence-corrected chi connectivity index (χ2v) is 7.32. The summed E-state index contributed by atoms with van der Waals surface area (Å²) < 4.78 is 32.8. The van der Waals surface area contributed by atoms with Crippen LogP contribution in [0.5, 0.6) is 0 Å². The Morgan fingerprint density at radius 1 is 1.33 bits per heavy atom. The van der Waals surface area contributed by atoms with Crippen molar-refractivity contribution in [1.82, 2.24) is 4.31 Å². The van der Waals surface area contributed by atoms with Crippen molar-refractivity contribution in [1.29, 1.82) is 0 Å². The van der Waals surface area contributed by atoms with Crippen molar-refractivity contribution in [2.24, 2.45) is 0 Å². The minimum absolute atomic E-state index is 0.0784. The van der Waals surface area contributed by atoms with Gasteiger partial charge in [-0.3, -0.25) is 0 Å². The second-order valence-electron chi connectivity index (χ2n) is 5.41. The summed E-state index contributed by atoms with van der Waals surface area (Å²) in [5.74, 6) is 0. The topological polar surface area (TPSA) is 72.6 Å². The van der Waals surface area contributed by atoms with Crippen molar-refractivity contribution >= 4 is 15.7 Å². The number of sulfonamides is 1. The predicted molar refractivity (Wildman–Crippen MR) is 83.8 cm³/mol. The lowest BCUT2D eigenvalue weighted by molar-refractivity contribution is 0.0102. The molecule has 1 fully saturated rings. The SMILES string of the molecule is CCc1cc(N)c(CC)c(S(=O)(=O)N2CCOC(C)C2)c1. The van der Waals surface area contributed by atoms with Crippen LogP contribution in [0.2, 0.25) is 0 Å². The highest BCUT2D eigenvalue weighted by Crippen LogP contribution is 2.28. The van der Waals surface area contributed by atoms with Crippen molar-refractivity contribution in [2.75, 3.05) is 25.4 Å². The summed E-state index contributed by atoms with van der Waals surface area (Å²) in [4.78, 5) is 0.357. The summed E-state index contributed by atoms with van der Waals surface area (Å²) in [6.07, 6.45) is 1.28. The van der Waals surface area contributed by atoms with Crippen molar-refractivity contribution in [3.05, 3.63) is 23.3 Å². The van der Waals surface area contributed by atoms with Gasteiger partial charge in [0.15, 0.2) is 0 Å². The molecule has 1 heterocycles. The van der Waals surface area contributed by atoms with E-state index in [2.05, 4.69) is 0 Å². The van der Waals surface area contributed by atoms with Gasteiger partial charge < -0.3 is 10.5 Å². The molecule has 2 N–H and O–H groups in total. The zero-order chi connectivity index (χ0) is 15.6. The number of nitrogens with zero attached hydrogens (tertiary/aromatic N) is 1. The maximum atomic E-state index is 12.9. The summed E-state index contributed by atoms with van der Waals surface area (Å²) >= 11 is 0. The van der Waals surface area contributed by atoms with Crippen molar-refractivity contribution in [3.63, 3.8) is 0 Å². The van der Waals surface area contributed by atoms with E-state index >= 15 is 0 Å². The first kappa shape index (κ1) is 16.3. The fraction of sp³-hybridized carbons (Fsp3) is 0.600. The van der Waals surface area contributed by atoms with E-state index in [9.17, 15) is 8.42 Å². The highest BCUT2D eigenvalue weighted by atomic mass is 32.2. The molecular weight excluding hydrogens is 288 g/mol. The van der Waals surface area contributed by atoms with Gasteiger partial charge in [-0.25, -0.2) is 8.42 Å². The number of aryl methyl sites for hydroxylation is 1. The van der Waals surface area contributed by atoms with E-state index in [1.165, 1.54) is 4.31 Å². The van der Waals surface area contributed by atoms with Crippen LogP contribution >= 0.6 is 0 Å². The Bertz CT molecular complexity index is 614. The number of ether oxygens (including phenoxy) is 1. The van der Waals surface area contributed by atoms with Crippen LogP contribution < -0.4 is 5.73 Å².